The summed E-state index contributed by atoms with van der Waals surface area (Å²) in [5.74, 6) is -1.45. The number of benzene rings is 2. The van der Waals surface area contributed by atoms with Crippen molar-refractivity contribution < 1.29 is 14.7 Å². The van der Waals surface area contributed by atoms with Gasteiger partial charge in [0, 0.05) is 11.8 Å². The van der Waals surface area contributed by atoms with Crippen LogP contribution >= 0.6 is 0 Å². The van der Waals surface area contributed by atoms with Crippen LogP contribution in [0.1, 0.15) is 39.6 Å². The van der Waals surface area contributed by atoms with Gasteiger partial charge in [0.1, 0.15) is 5.76 Å². The summed E-state index contributed by atoms with van der Waals surface area (Å²) >= 11 is 0. The number of hydrogen-bond acceptors (Lipinski definition) is 4. The lowest BCUT2D eigenvalue weighted by Crippen LogP contribution is -2.29. The second-order valence-corrected chi connectivity index (χ2v) is 7.92. The van der Waals surface area contributed by atoms with Crippen molar-refractivity contribution in [2.45, 2.75) is 33.4 Å². The molecular formula is C26H24N2O3. The van der Waals surface area contributed by atoms with Crippen molar-refractivity contribution in [2.24, 2.45) is 0 Å². The van der Waals surface area contributed by atoms with Crippen molar-refractivity contribution in [1.29, 1.82) is 0 Å². The predicted octanol–water partition coefficient (Wildman–Crippen LogP) is 4.63. The van der Waals surface area contributed by atoms with Crippen molar-refractivity contribution in [1.82, 2.24) is 9.88 Å². The van der Waals surface area contributed by atoms with Gasteiger partial charge in [-0.3, -0.25) is 14.6 Å². The van der Waals surface area contributed by atoms with Crippen LogP contribution in [0.25, 0.3) is 5.76 Å². The number of carbonyl (C=O) groups is 2. The highest BCUT2D eigenvalue weighted by Crippen LogP contribution is 2.41. The smallest absolute Gasteiger partial charge is 0.296 e. The monoisotopic (exact) mass is 412 g/mol. The second kappa shape index (κ2) is 8.19. The summed E-state index contributed by atoms with van der Waals surface area (Å²) in [4.78, 5) is 32.1. The van der Waals surface area contributed by atoms with Gasteiger partial charge in [-0.05, 0) is 55.7 Å². The molecule has 1 aromatic heterocycles. The molecule has 1 N–H and O–H groups in total. The summed E-state index contributed by atoms with van der Waals surface area (Å²) in [5.41, 5.74) is 4.90. The van der Waals surface area contributed by atoms with E-state index in [0.717, 1.165) is 22.3 Å². The molecule has 4 rings (SSSR count). The molecule has 31 heavy (non-hydrogen) atoms. The molecule has 0 spiro atoms. The van der Waals surface area contributed by atoms with Gasteiger partial charge in [-0.1, -0.05) is 48.0 Å². The summed E-state index contributed by atoms with van der Waals surface area (Å²) in [7, 11) is 0. The Morgan fingerprint density at radius 3 is 2.42 bits per heavy atom. The third-order valence-electron chi connectivity index (χ3n) is 5.73. The average molecular weight is 412 g/mol. The van der Waals surface area contributed by atoms with Gasteiger partial charge in [0.15, 0.2) is 0 Å². The van der Waals surface area contributed by atoms with Crippen molar-refractivity contribution in [3.8, 4) is 0 Å². The van der Waals surface area contributed by atoms with E-state index < -0.39 is 17.7 Å². The van der Waals surface area contributed by atoms with Crippen LogP contribution in [0.4, 0.5) is 0 Å². The van der Waals surface area contributed by atoms with Gasteiger partial charge in [-0.2, -0.15) is 0 Å². The van der Waals surface area contributed by atoms with E-state index >= 15 is 0 Å². The highest BCUT2D eigenvalue weighted by Gasteiger charge is 2.46. The number of aryl methyl sites for hydroxylation is 3. The summed E-state index contributed by atoms with van der Waals surface area (Å²) in [6.45, 7) is 5.91. The molecule has 1 fully saturated rings. The number of pyridine rings is 1. The Labute approximate surface area is 181 Å². The molecular weight excluding hydrogens is 388 g/mol. The molecule has 1 amide bonds. The van der Waals surface area contributed by atoms with E-state index in [0.29, 0.717) is 11.3 Å². The summed E-state index contributed by atoms with van der Waals surface area (Å²) in [5, 5.41) is 11.3. The molecule has 1 aliphatic heterocycles. The number of nitrogens with zero attached hydrogens (tertiary/aromatic N) is 2. The van der Waals surface area contributed by atoms with E-state index in [9.17, 15) is 14.7 Å². The van der Waals surface area contributed by atoms with Gasteiger partial charge in [0.2, 0.25) is 0 Å². The molecule has 0 bridgehead atoms. The van der Waals surface area contributed by atoms with E-state index in [1.807, 2.05) is 75.4 Å². The van der Waals surface area contributed by atoms with Gasteiger partial charge < -0.3 is 10.0 Å². The number of likely N-dealkylation sites (tertiary alicyclic amines) is 1. The van der Waals surface area contributed by atoms with E-state index in [1.54, 1.807) is 12.3 Å². The van der Waals surface area contributed by atoms with Gasteiger partial charge in [0.05, 0.1) is 23.9 Å². The molecule has 1 saturated heterocycles. The standard InChI is InChI=1S/C26H24N2O3/c1-16-11-12-18(3)21(14-16)24(29)22-23(20-10-5-4-8-17(20)2)28(26(31)25(22)30)15-19-9-6-7-13-27-19/h4-14,23,29H,15H2,1-3H3/b24-22+. The number of Topliss-reactive ketones (excluding diaryl/α,β-unsaturated/α-hetero) is 1. The number of aromatic nitrogens is 1. The van der Waals surface area contributed by atoms with E-state index in [4.69, 9.17) is 0 Å². The van der Waals surface area contributed by atoms with Gasteiger partial charge in [-0.25, -0.2) is 0 Å². The zero-order valence-electron chi connectivity index (χ0n) is 17.8. The highest BCUT2D eigenvalue weighted by atomic mass is 16.3. The van der Waals surface area contributed by atoms with E-state index in [2.05, 4.69) is 4.98 Å². The lowest BCUT2D eigenvalue weighted by atomic mass is 9.91. The third-order valence-corrected chi connectivity index (χ3v) is 5.73. The number of ketones is 1. The number of rotatable bonds is 4. The maximum Gasteiger partial charge on any atom is 0.296 e. The van der Waals surface area contributed by atoms with Crippen LogP contribution < -0.4 is 0 Å². The van der Waals surface area contributed by atoms with Gasteiger partial charge in [-0.15, -0.1) is 0 Å². The van der Waals surface area contributed by atoms with Crippen LogP contribution in [-0.2, 0) is 16.1 Å². The Morgan fingerprint density at radius 1 is 0.968 bits per heavy atom. The molecule has 1 unspecified atom stereocenters. The van der Waals surface area contributed by atoms with Crippen LogP contribution in [0.2, 0.25) is 0 Å². The minimum atomic E-state index is -0.692. The fraction of sp³-hybridized carbons (Fsp3) is 0.192. The molecule has 2 aromatic carbocycles. The summed E-state index contributed by atoms with van der Waals surface area (Å²) in [6.07, 6.45) is 1.66. The largest absolute Gasteiger partial charge is 0.507 e. The zero-order chi connectivity index (χ0) is 22.1. The molecule has 2 heterocycles. The Morgan fingerprint density at radius 2 is 1.71 bits per heavy atom. The lowest BCUT2D eigenvalue weighted by molar-refractivity contribution is -0.140. The topological polar surface area (TPSA) is 70.5 Å². The van der Waals surface area contributed by atoms with E-state index in [-0.39, 0.29) is 17.9 Å². The maximum atomic E-state index is 13.2. The first-order chi connectivity index (χ1) is 14.9. The fourth-order valence-corrected chi connectivity index (χ4v) is 4.06. The van der Waals surface area contributed by atoms with Crippen LogP contribution in [-0.4, -0.2) is 26.7 Å². The Bertz CT molecular complexity index is 1200. The van der Waals surface area contributed by atoms with Crippen molar-refractivity contribution in [2.75, 3.05) is 0 Å². The Balaban J connectivity index is 1.92. The molecule has 1 aliphatic rings. The number of hydrogen-bond donors (Lipinski definition) is 1. The van der Waals surface area contributed by atoms with Crippen LogP contribution in [0.5, 0.6) is 0 Å². The highest BCUT2D eigenvalue weighted by molar-refractivity contribution is 6.46. The first kappa shape index (κ1) is 20.5. The number of aliphatic hydroxyl groups excluding tert-OH is 1. The van der Waals surface area contributed by atoms with Crippen LogP contribution in [0.15, 0.2) is 72.4 Å². The van der Waals surface area contributed by atoms with Crippen molar-refractivity contribution >= 4 is 17.4 Å². The fourth-order valence-electron chi connectivity index (χ4n) is 4.06. The van der Waals surface area contributed by atoms with E-state index in [1.165, 1.54) is 4.90 Å². The maximum absolute atomic E-state index is 13.2. The zero-order valence-corrected chi connectivity index (χ0v) is 17.8. The molecule has 0 saturated carbocycles. The minimum Gasteiger partial charge on any atom is -0.507 e. The molecule has 3 aromatic rings. The third kappa shape index (κ3) is 3.75. The molecule has 0 radical (unpaired) electrons. The first-order valence-corrected chi connectivity index (χ1v) is 10.2. The quantitative estimate of drug-likeness (QED) is 0.385. The number of carbonyl (C=O) groups excluding carboxylic acids is 2. The minimum absolute atomic E-state index is 0.115. The molecule has 5 nitrogen and oxygen atoms in total. The Hall–Kier alpha value is -3.73. The molecule has 156 valence electrons. The van der Waals surface area contributed by atoms with Crippen LogP contribution in [0, 0.1) is 20.8 Å². The number of aliphatic hydroxyl groups is 1. The van der Waals surface area contributed by atoms with Crippen molar-refractivity contribution in [3.63, 3.8) is 0 Å². The molecule has 0 aliphatic carbocycles. The first-order valence-electron chi connectivity index (χ1n) is 10.2. The van der Waals surface area contributed by atoms with Crippen LogP contribution in [0.3, 0.4) is 0 Å². The predicted molar refractivity (Wildman–Crippen MR) is 119 cm³/mol. The summed E-state index contributed by atoms with van der Waals surface area (Å²) in [6, 6.07) is 18.1. The second-order valence-electron chi connectivity index (χ2n) is 7.92. The summed E-state index contributed by atoms with van der Waals surface area (Å²) < 4.78 is 0. The molecule has 1 atom stereocenters. The Kier molecular flexibility index (Phi) is 5.42. The van der Waals surface area contributed by atoms with Gasteiger partial charge in [0.25, 0.3) is 11.7 Å². The average Bonchev–Trinajstić information content (AvgIpc) is 3.01. The van der Waals surface area contributed by atoms with Gasteiger partial charge >= 0.3 is 0 Å². The number of amides is 1. The van der Waals surface area contributed by atoms with Crippen molar-refractivity contribution in [3.05, 3.63) is 106 Å². The lowest BCUT2D eigenvalue weighted by Gasteiger charge is -2.26. The normalized spacial score (nSPS) is 17.9. The molecule has 5 heteroatoms. The SMILES string of the molecule is Cc1ccc(C)c(/C(O)=C2\C(=O)C(=O)N(Cc3ccccn3)C2c2ccccc2C)c1.